The average Bonchev–Trinajstić information content (AvgIpc) is 3.19. The van der Waals surface area contributed by atoms with Crippen LogP contribution in [0.15, 0.2) is 36.4 Å². The van der Waals surface area contributed by atoms with Gasteiger partial charge in [0.1, 0.15) is 12.1 Å². The standard InChI is InChI=1S/C31H40Cl2FN3O3/c1-29(2,3)16-24-31(17-38,21-10-9-18(32)15-23(21)35-5)25(20-7-6-8-22(33)26(20)34)27(37-24)28(39)36-19-11-13-30(4,40)14-12-19/h6-10,15,17,19,24-25,27,35,37,40H,11-14,16H2,1-5H3,(H,36,39). The van der Waals surface area contributed by atoms with Gasteiger partial charge in [-0.15, -0.1) is 0 Å². The highest BCUT2D eigenvalue weighted by Crippen LogP contribution is 2.53. The molecular formula is C31H40Cl2FN3O3. The fourth-order valence-electron chi connectivity index (χ4n) is 6.56. The number of nitrogens with one attached hydrogen (secondary N) is 3. The smallest absolute Gasteiger partial charge is 0.238 e. The molecule has 40 heavy (non-hydrogen) atoms. The van der Waals surface area contributed by atoms with Gasteiger partial charge in [-0.1, -0.05) is 62.2 Å². The molecule has 0 spiro atoms. The molecule has 4 unspecified atom stereocenters. The maximum Gasteiger partial charge on any atom is 0.238 e. The molecule has 1 saturated heterocycles. The molecule has 4 atom stereocenters. The second-order valence-corrected chi connectivity index (χ2v) is 13.7. The van der Waals surface area contributed by atoms with Crippen molar-refractivity contribution < 1.29 is 19.1 Å². The van der Waals surface area contributed by atoms with Gasteiger partial charge in [0.05, 0.1) is 22.1 Å². The van der Waals surface area contributed by atoms with Crippen LogP contribution in [0.4, 0.5) is 10.1 Å². The van der Waals surface area contributed by atoms with Gasteiger partial charge < -0.3 is 25.9 Å². The van der Waals surface area contributed by atoms with Crippen molar-refractivity contribution in [3.8, 4) is 0 Å². The summed E-state index contributed by atoms with van der Waals surface area (Å²) >= 11 is 12.6. The molecule has 1 aliphatic heterocycles. The summed E-state index contributed by atoms with van der Waals surface area (Å²) in [7, 11) is 1.74. The minimum Gasteiger partial charge on any atom is -0.390 e. The van der Waals surface area contributed by atoms with E-state index in [1.54, 1.807) is 37.4 Å². The van der Waals surface area contributed by atoms with Gasteiger partial charge in [0, 0.05) is 35.8 Å². The van der Waals surface area contributed by atoms with E-state index in [9.17, 15) is 14.7 Å². The van der Waals surface area contributed by atoms with Gasteiger partial charge in [-0.05, 0) is 73.8 Å². The number of carbonyl (C=O) groups is 2. The Balaban J connectivity index is 1.90. The highest BCUT2D eigenvalue weighted by atomic mass is 35.5. The lowest BCUT2D eigenvalue weighted by Crippen LogP contribution is -2.50. The minimum absolute atomic E-state index is 0.0739. The van der Waals surface area contributed by atoms with E-state index in [0.717, 1.165) is 6.29 Å². The summed E-state index contributed by atoms with van der Waals surface area (Å²) in [4.78, 5) is 27.6. The second kappa shape index (κ2) is 11.6. The minimum atomic E-state index is -1.33. The third-order valence-corrected chi connectivity index (χ3v) is 9.07. The normalized spacial score (nSPS) is 30.6. The molecule has 1 heterocycles. The highest BCUT2D eigenvalue weighted by molar-refractivity contribution is 6.31. The van der Waals surface area contributed by atoms with Crippen LogP contribution in [-0.4, -0.2) is 48.1 Å². The summed E-state index contributed by atoms with van der Waals surface area (Å²) in [5.74, 6) is -1.86. The van der Waals surface area contributed by atoms with Gasteiger partial charge >= 0.3 is 0 Å². The average molecular weight is 593 g/mol. The van der Waals surface area contributed by atoms with E-state index in [1.807, 2.05) is 6.92 Å². The van der Waals surface area contributed by atoms with Crippen molar-refractivity contribution >= 4 is 41.1 Å². The monoisotopic (exact) mass is 591 g/mol. The maximum atomic E-state index is 15.9. The highest BCUT2D eigenvalue weighted by Gasteiger charge is 2.60. The lowest BCUT2D eigenvalue weighted by atomic mass is 9.62. The number of hydrogen-bond acceptors (Lipinski definition) is 5. The predicted octanol–water partition coefficient (Wildman–Crippen LogP) is 5.98. The Morgan fingerprint density at radius 1 is 1.20 bits per heavy atom. The summed E-state index contributed by atoms with van der Waals surface area (Å²) < 4.78 is 15.9. The Hall–Kier alpha value is -2.19. The zero-order valence-corrected chi connectivity index (χ0v) is 25.3. The van der Waals surface area contributed by atoms with E-state index < -0.39 is 34.8 Å². The Kier molecular flexibility index (Phi) is 8.92. The number of rotatable bonds is 7. The van der Waals surface area contributed by atoms with E-state index in [1.165, 1.54) is 6.07 Å². The fraction of sp³-hybridized carbons (Fsp3) is 0.548. The van der Waals surface area contributed by atoms with Gasteiger partial charge in [-0.3, -0.25) is 4.79 Å². The van der Waals surface area contributed by atoms with Crippen molar-refractivity contribution in [2.75, 3.05) is 12.4 Å². The summed E-state index contributed by atoms with van der Waals surface area (Å²) in [6.07, 6.45) is 3.82. The van der Waals surface area contributed by atoms with Crippen LogP contribution in [-0.2, 0) is 15.0 Å². The lowest BCUT2D eigenvalue weighted by molar-refractivity contribution is -0.124. The number of halogens is 3. The van der Waals surface area contributed by atoms with E-state index >= 15 is 4.39 Å². The summed E-state index contributed by atoms with van der Waals surface area (Å²) in [6.45, 7) is 8.02. The number of aliphatic hydroxyl groups is 1. The zero-order chi connectivity index (χ0) is 29.5. The van der Waals surface area contributed by atoms with Crippen LogP contribution >= 0.6 is 23.2 Å². The third kappa shape index (κ3) is 6.03. The molecule has 2 aromatic carbocycles. The molecule has 9 heteroatoms. The van der Waals surface area contributed by atoms with Crippen LogP contribution in [0.2, 0.25) is 10.0 Å². The van der Waals surface area contributed by atoms with E-state index in [2.05, 4.69) is 36.7 Å². The van der Waals surface area contributed by atoms with Crippen molar-refractivity contribution in [3.05, 3.63) is 63.4 Å². The molecule has 218 valence electrons. The van der Waals surface area contributed by atoms with Crippen LogP contribution in [0.1, 0.15) is 76.8 Å². The SMILES string of the molecule is CNc1cc(Cl)ccc1C1(C=O)C(CC(C)(C)C)NC(C(=O)NC2CCC(C)(O)CC2)C1c1cccc(Cl)c1F. The topological polar surface area (TPSA) is 90.5 Å². The quantitative estimate of drug-likeness (QED) is 0.297. The molecule has 0 bridgehead atoms. The molecule has 1 saturated carbocycles. The number of aldehydes is 1. The van der Waals surface area contributed by atoms with E-state index in [-0.39, 0.29) is 28.0 Å². The van der Waals surface area contributed by atoms with Gasteiger partial charge in [0.15, 0.2) is 0 Å². The molecule has 4 N–H and O–H groups in total. The molecular weight excluding hydrogens is 552 g/mol. The first-order chi connectivity index (χ1) is 18.7. The fourth-order valence-corrected chi connectivity index (χ4v) is 6.91. The van der Waals surface area contributed by atoms with Crippen molar-refractivity contribution in [1.29, 1.82) is 0 Å². The van der Waals surface area contributed by atoms with Gasteiger partial charge in [-0.25, -0.2) is 4.39 Å². The van der Waals surface area contributed by atoms with Crippen molar-refractivity contribution in [2.24, 2.45) is 5.41 Å². The Morgan fingerprint density at radius 3 is 2.48 bits per heavy atom. The summed E-state index contributed by atoms with van der Waals surface area (Å²) in [5.41, 5.74) is -0.849. The Labute approximate surface area is 246 Å². The molecule has 4 rings (SSSR count). The number of carbonyl (C=O) groups excluding carboxylic acids is 2. The first-order valence-corrected chi connectivity index (χ1v) is 14.6. The largest absolute Gasteiger partial charge is 0.390 e. The molecule has 1 aliphatic carbocycles. The van der Waals surface area contributed by atoms with Crippen LogP contribution in [0.5, 0.6) is 0 Å². The second-order valence-electron chi connectivity index (χ2n) is 12.9. The molecule has 0 radical (unpaired) electrons. The van der Waals surface area contributed by atoms with E-state index in [4.69, 9.17) is 23.2 Å². The number of anilines is 1. The van der Waals surface area contributed by atoms with E-state index in [0.29, 0.717) is 48.4 Å². The summed E-state index contributed by atoms with van der Waals surface area (Å²) in [6, 6.07) is 8.39. The molecule has 1 amide bonds. The number of hydrogen-bond donors (Lipinski definition) is 4. The maximum absolute atomic E-state index is 15.9. The zero-order valence-electron chi connectivity index (χ0n) is 23.8. The third-order valence-electron chi connectivity index (χ3n) is 8.54. The van der Waals surface area contributed by atoms with Crippen LogP contribution in [0.25, 0.3) is 0 Å². The van der Waals surface area contributed by atoms with Crippen molar-refractivity contribution in [3.63, 3.8) is 0 Å². The summed E-state index contributed by atoms with van der Waals surface area (Å²) in [5, 5.41) is 20.6. The molecule has 6 nitrogen and oxygen atoms in total. The predicted molar refractivity (Wildman–Crippen MR) is 159 cm³/mol. The Morgan fingerprint density at radius 2 is 1.88 bits per heavy atom. The number of benzene rings is 2. The number of amides is 1. The van der Waals surface area contributed by atoms with Gasteiger partial charge in [-0.2, -0.15) is 0 Å². The molecule has 2 aliphatic rings. The molecule has 2 fully saturated rings. The first kappa shape index (κ1) is 30.8. The van der Waals surface area contributed by atoms with Crippen LogP contribution < -0.4 is 16.0 Å². The van der Waals surface area contributed by atoms with Crippen LogP contribution in [0.3, 0.4) is 0 Å². The van der Waals surface area contributed by atoms with Crippen molar-refractivity contribution in [2.45, 2.75) is 94.9 Å². The van der Waals surface area contributed by atoms with Crippen LogP contribution in [0, 0.1) is 11.2 Å². The lowest BCUT2D eigenvalue weighted by Gasteiger charge is -2.39. The molecule has 2 aromatic rings. The Bertz CT molecular complexity index is 1250. The molecule has 0 aromatic heterocycles. The van der Waals surface area contributed by atoms with Gasteiger partial charge in [0.2, 0.25) is 5.91 Å². The van der Waals surface area contributed by atoms with Crippen molar-refractivity contribution in [1.82, 2.24) is 10.6 Å². The first-order valence-electron chi connectivity index (χ1n) is 13.9. The van der Waals surface area contributed by atoms with Gasteiger partial charge in [0.25, 0.3) is 0 Å².